The summed E-state index contributed by atoms with van der Waals surface area (Å²) in [7, 11) is 0. The predicted octanol–water partition coefficient (Wildman–Crippen LogP) is 7.55. The van der Waals surface area contributed by atoms with Crippen molar-refractivity contribution < 1.29 is 4.39 Å². The molecular formula is C25H16Cl2FN5S. The van der Waals surface area contributed by atoms with Gasteiger partial charge in [0.15, 0.2) is 0 Å². The molecule has 0 aliphatic heterocycles. The van der Waals surface area contributed by atoms with E-state index in [1.165, 1.54) is 23.5 Å². The lowest BCUT2D eigenvalue weighted by atomic mass is 10.1. The fourth-order valence-corrected chi connectivity index (χ4v) is 4.26. The van der Waals surface area contributed by atoms with Crippen molar-refractivity contribution in [2.45, 2.75) is 0 Å². The summed E-state index contributed by atoms with van der Waals surface area (Å²) in [6.07, 6.45) is 3.55. The lowest BCUT2D eigenvalue weighted by molar-refractivity contribution is 0.628. The Bertz CT molecular complexity index is 1460. The molecule has 0 aliphatic rings. The third-order valence-electron chi connectivity index (χ3n) is 4.96. The van der Waals surface area contributed by atoms with Crippen LogP contribution >= 0.6 is 34.5 Å². The van der Waals surface area contributed by atoms with Crippen molar-refractivity contribution in [2.24, 2.45) is 5.10 Å². The summed E-state index contributed by atoms with van der Waals surface area (Å²) >= 11 is 13.5. The molecule has 0 aliphatic carbocycles. The first-order chi connectivity index (χ1) is 16.6. The van der Waals surface area contributed by atoms with Crippen molar-refractivity contribution in [1.29, 1.82) is 0 Å². The van der Waals surface area contributed by atoms with Gasteiger partial charge in [0.2, 0.25) is 5.13 Å². The topological polar surface area (TPSA) is 55.1 Å². The van der Waals surface area contributed by atoms with E-state index in [4.69, 9.17) is 28.3 Å². The molecule has 0 saturated carbocycles. The Morgan fingerprint density at radius 2 is 1.71 bits per heavy atom. The molecule has 1 N–H and O–H groups in total. The summed E-state index contributed by atoms with van der Waals surface area (Å²) in [5.74, 6) is -0.301. The summed E-state index contributed by atoms with van der Waals surface area (Å²) in [6.45, 7) is 0. The Morgan fingerprint density at radius 1 is 0.941 bits per heavy atom. The number of nitrogens with zero attached hydrogens (tertiary/aromatic N) is 4. The first kappa shape index (κ1) is 22.3. The van der Waals surface area contributed by atoms with E-state index < -0.39 is 0 Å². The van der Waals surface area contributed by atoms with Crippen LogP contribution in [0.2, 0.25) is 10.0 Å². The standard InChI is InChI=1S/C25H16Cl2FN5S/c26-21-11-8-17(12-22(21)27)23-15-34-25(30-23)31-29-13-18-14-33(20-4-2-1-3-5-20)32-24(18)16-6-9-19(28)10-7-16/h1-15H,(H,30,31)/b29-13+. The van der Waals surface area contributed by atoms with Gasteiger partial charge < -0.3 is 0 Å². The number of rotatable bonds is 6. The number of para-hydroxylation sites is 1. The van der Waals surface area contributed by atoms with Crippen LogP contribution in [0.1, 0.15) is 5.56 Å². The Kier molecular flexibility index (Phi) is 6.40. The van der Waals surface area contributed by atoms with Gasteiger partial charge in [0, 0.05) is 28.3 Å². The maximum Gasteiger partial charge on any atom is 0.203 e. The number of benzene rings is 3. The maximum atomic E-state index is 13.4. The molecule has 5 nitrogen and oxygen atoms in total. The van der Waals surface area contributed by atoms with Gasteiger partial charge in [0.25, 0.3) is 0 Å². The zero-order chi connectivity index (χ0) is 23.5. The van der Waals surface area contributed by atoms with Gasteiger partial charge in [-0.05, 0) is 48.5 Å². The number of thiazole rings is 1. The van der Waals surface area contributed by atoms with Gasteiger partial charge in [-0.1, -0.05) is 47.5 Å². The molecule has 0 unspecified atom stereocenters. The number of halogens is 3. The SMILES string of the molecule is Fc1ccc(-c2nn(-c3ccccc3)cc2/C=N/Nc2nc(-c3ccc(Cl)c(Cl)c3)cs2)cc1. The molecule has 2 aromatic heterocycles. The van der Waals surface area contributed by atoms with Crippen molar-refractivity contribution in [3.63, 3.8) is 0 Å². The van der Waals surface area contributed by atoms with E-state index in [1.807, 2.05) is 48.0 Å². The van der Waals surface area contributed by atoms with Crippen LogP contribution in [0.3, 0.4) is 0 Å². The molecular weight excluding hydrogens is 492 g/mol. The van der Waals surface area contributed by atoms with E-state index in [0.717, 1.165) is 28.1 Å². The molecule has 3 aromatic carbocycles. The number of nitrogens with one attached hydrogen (secondary N) is 1. The van der Waals surface area contributed by atoms with Gasteiger partial charge in [-0.15, -0.1) is 11.3 Å². The van der Waals surface area contributed by atoms with Crippen molar-refractivity contribution in [3.05, 3.63) is 106 Å². The molecule has 5 aromatic rings. The Hall–Kier alpha value is -3.52. The highest BCUT2D eigenvalue weighted by molar-refractivity contribution is 7.14. The van der Waals surface area contributed by atoms with E-state index in [1.54, 1.807) is 35.2 Å². The highest BCUT2D eigenvalue weighted by atomic mass is 35.5. The number of anilines is 1. The molecule has 34 heavy (non-hydrogen) atoms. The van der Waals surface area contributed by atoms with Crippen molar-refractivity contribution in [2.75, 3.05) is 5.43 Å². The molecule has 0 atom stereocenters. The zero-order valence-electron chi connectivity index (χ0n) is 17.5. The number of hydrazone groups is 1. The Morgan fingerprint density at radius 3 is 2.47 bits per heavy atom. The highest BCUT2D eigenvalue weighted by Crippen LogP contribution is 2.30. The number of hydrogen-bond donors (Lipinski definition) is 1. The summed E-state index contributed by atoms with van der Waals surface area (Å²) in [6, 6.07) is 21.3. The van der Waals surface area contributed by atoms with Crippen LogP contribution < -0.4 is 5.43 Å². The summed E-state index contributed by atoms with van der Waals surface area (Å²) in [4.78, 5) is 4.55. The minimum Gasteiger partial charge on any atom is -0.253 e. The Labute approximate surface area is 209 Å². The summed E-state index contributed by atoms with van der Waals surface area (Å²) < 4.78 is 15.2. The van der Waals surface area contributed by atoms with Crippen LogP contribution in [-0.4, -0.2) is 21.0 Å². The van der Waals surface area contributed by atoms with Crippen LogP contribution in [0, 0.1) is 5.82 Å². The van der Waals surface area contributed by atoms with Crippen LogP contribution in [0.5, 0.6) is 0 Å². The zero-order valence-corrected chi connectivity index (χ0v) is 19.8. The molecule has 5 rings (SSSR count). The van der Waals surface area contributed by atoms with Crippen molar-refractivity contribution in [1.82, 2.24) is 14.8 Å². The monoisotopic (exact) mass is 507 g/mol. The van der Waals surface area contributed by atoms with Crippen LogP contribution in [0.25, 0.3) is 28.2 Å². The molecule has 9 heteroatoms. The third kappa shape index (κ3) is 4.87. The fourth-order valence-electron chi connectivity index (χ4n) is 3.30. The minimum absolute atomic E-state index is 0.301. The second kappa shape index (κ2) is 9.77. The second-order valence-electron chi connectivity index (χ2n) is 7.26. The molecule has 2 heterocycles. The largest absolute Gasteiger partial charge is 0.253 e. The first-order valence-corrected chi connectivity index (χ1v) is 11.8. The fraction of sp³-hybridized carbons (Fsp3) is 0. The highest BCUT2D eigenvalue weighted by Gasteiger charge is 2.12. The second-order valence-corrected chi connectivity index (χ2v) is 8.93. The van der Waals surface area contributed by atoms with Gasteiger partial charge in [-0.3, -0.25) is 5.43 Å². The smallest absolute Gasteiger partial charge is 0.203 e. The van der Waals surface area contributed by atoms with Crippen molar-refractivity contribution >= 4 is 45.9 Å². The van der Waals surface area contributed by atoms with Gasteiger partial charge in [0.05, 0.1) is 27.6 Å². The minimum atomic E-state index is -0.301. The summed E-state index contributed by atoms with van der Waals surface area (Å²) in [5, 5.41) is 12.6. The first-order valence-electron chi connectivity index (χ1n) is 10.2. The molecule has 0 bridgehead atoms. The van der Waals surface area contributed by atoms with E-state index in [0.29, 0.717) is 20.9 Å². The maximum absolute atomic E-state index is 13.4. The lowest BCUT2D eigenvalue weighted by Crippen LogP contribution is -1.94. The quantitative estimate of drug-likeness (QED) is 0.190. The van der Waals surface area contributed by atoms with Crippen LogP contribution in [0.15, 0.2) is 89.5 Å². The molecule has 168 valence electrons. The van der Waals surface area contributed by atoms with Crippen molar-refractivity contribution in [3.8, 4) is 28.2 Å². The summed E-state index contributed by atoms with van der Waals surface area (Å²) in [5.41, 5.74) is 7.75. The van der Waals surface area contributed by atoms with Gasteiger partial charge in [-0.2, -0.15) is 10.2 Å². The van der Waals surface area contributed by atoms with Gasteiger partial charge in [-0.25, -0.2) is 14.1 Å². The number of hydrogen-bond acceptors (Lipinski definition) is 5. The molecule has 0 amide bonds. The van der Waals surface area contributed by atoms with Gasteiger partial charge >= 0.3 is 0 Å². The average Bonchev–Trinajstić information content (AvgIpc) is 3.50. The van der Waals surface area contributed by atoms with E-state index in [9.17, 15) is 4.39 Å². The van der Waals surface area contributed by atoms with E-state index in [2.05, 4.69) is 15.5 Å². The predicted molar refractivity (Wildman–Crippen MR) is 138 cm³/mol. The Balaban J connectivity index is 1.40. The van der Waals surface area contributed by atoms with Gasteiger partial charge in [0.1, 0.15) is 11.5 Å². The van der Waals surface area contributed by atoms with E-state index >= 15 is 0 Å². The lowest BCUT2D eigenvalue weighted by Gasteiger charge is -2.00. The number of aromatic nitrogens is 3. The van der Waals surface area contributed by atoms with Crippen LogP contribution in [-0.2, 0) is 0 Å². The van der Waals surface area contributed by atoms with E-state index in [-0.39, 0.29) is 5.82 Å². The van der Waals surface area contributed by atoms with Crippen LogP contribution in [0.4, 0.5) is 9.52 Å². The average molecular weight is 508 g/mol. The normalized spacial score (nSPS) is 11.3. The molecule has 0 spiro atoms. The molecule has 0 fully saturated rings. The molecule has 0 radical (unpaired) electrons. The third-order valence-corrected chi connectivity index (χ3v) is 6.45. The molecule has 0 saturated heterocycles.